The quantitative estimate of drug-likeness (QED) is 0.402. The lowest BCUT2D eigenvalue weighted by atomic mass is 9.96. The molecule has 0 saturated carbocycles. The Morgan fingerprint density at radius 1 is 1.32 bits per heavy atom. The third-order valence-corrected chi connectivity index (χ3v) is 4.77. The Kier molecular flexibility index (Phi) is 4.30. The SMILES string of the molecule is N=C(NC(=O)CC1CCOCC1)[C@@H]1CC[C@@H]2CN1C(=O)N2O. The van der Waals surface area contributed by atoms with E-state index >= 15 is 0 Å². The van der Waals surface area contributed by atoms with E-state index < -0.39 is 12.1 Å². The molecule has 0 aromatic heterocycles. The second-order valence-corrected chi connectivity index (χ2v) is 6.25. The third kappa shape index (κ3) is 2.93. The minimum absolute atomic E-state index is 0.0548. The number of fused-ring (bicyclic) bond motifs is 2. The molecule has 3 rings (SSSR count). The largest absolute Gasteiger partial charge is 0.381 e. The topological polar surface area (TPSA) is 106 Å². The first-order valence-corrected chi connectivity index (χ1v) is 7.81. The van der Waals surface area contributed by atoms with E-state index in [-0.39, 0.29) is 17.8 Å². The summed E-state index contributed by atoms with van der Waals surface area (Å²) in [5.74, 6) is 0.185. The molecule has 0 aliphatic carbocycles. The van der Waals surface area contributed by atoms with Gasteiger partial charge in [0.2, 0.25) is 5.91 Å². The number of hydrogen-bond acceptors (Lipinski definition) is 5. The number of amidine groups is 1. The van der Waals surface area contributed by atoms with E-state index in [0.29, 0.717) is 44.9 Å². The molecule has 0 radical (unpaired) electrons. The van der Waals surface area contributed by atoms with Gasteiger partial charge in [0, 0.05) is 26.2 Å². The summed E-state index contributed by atoms with van der Waals surface area (Å²) < 4.78 is 5.27. The Labute approximate surface area is 128 Å². The smallest absolute Gasteiger partial charge is 0.344 e. The molecule has 2 atom stereocenters. The summed E-state index contributed by atoms with van der Waals surface area (Å²) >= 11 is 0. The normalized spacial score (nSPS) is 28.9. The van der Waals surface area contributed by atoms with Gasteiger partial charge in [-0.25, -0.2) is 9.86 Å². The maximum atomic E-state index is 12.1. The number of nitrogens with zero attached hydrogens (tertiary/aromatic N) is 2. The highest BCUT2D eigenvalue weighted by atomic mass is 16.5. The zero-order chi connectivity index (χ0) is 15.7. The van der Waals surface area contributed by atoms with Crippen molar-refractivity contribution in [1.82, 2.24) is 15.3 Å². The Balaban J connectivity index is 1.53. The highest BCUT2D eigenvalue weighted by molar-refractivity contribution is 6.01. The summed E-state index contributed by atoms with van der Waals surface area (Å²) in [5.41, 5.74) is 0. The predicted molar refractivity (Wildman–Crippen MR) is 76.6 cm³/mol. The number of carbonyl (C=O) groups is 2. The fraction of sp³-hybridized carbons (Fsp3) is 0.786. The molecule has 0 unspecified atom stereocenters. The van der Waals surface area contributed by atoms with Crippen LogP contribution in [0.25, 0.3) is 0 Å². The third-order valence-electron chi connectivity index (χ3n) is 4.77. The molecule has 122 valence electrons. The first-order chi connectivity index (χ1) is 10.6. The lowest BCUT2D eigenvalue weighted by Crippen LogP contribution is -2.51. The zero-order valence-corrected chi connectivity index (χ0v) is 12.5. The van der Waals surface area contributed by atoms with E-state index in [9.17, 15) is 14.8 Å². The van der Waals surface area contributed by atoms with Gasteiger partial charge in [0.05, 0.1) is 12.1 Å². The lowest BCUT2D eigenvalue weighted by Gasteiger charge is -2.31. The number of rotatable bonds is 3. The van der Waals surface area contributed by atoms with Crippen LogP contribution in [0.3, 0.4) is 0 Å². The molecule has 0 spiro atoms. The molecule has 2 bridgehead atoms. The number of hydroxylamine groups is 2. The van der Waals surface area contributed by atoms with Gasteiger partial charge in [-0.2, -0.15) is 0 Å². The lowest BCUT2D eigenvalue weighted by molar-refractivity contribution is -0.121. The van der Waals surface area contributed by atoms with Crippen LogP contribution in [-0.4, -0.2) is 64.8 Å². The Morgan fingerprint density at radius 2 is 2.05 bits per heavy atom. The minimum Gasteiger partial charge on any atom is -0.381 e. The van der Waals surface area contributed by atoms with Crippen molar-refractivity contribution in [2.75, 3.05) is 19.8 Å². The van der Waals surface area contributed by atoms with E-state index in [1.807, 2.05) is 0 Å². The molecule has 3 N–H and O–H groups in total. The second-order valence-electron chi connectivity index (χ2n) is 6.25. The van der Waals surface area contributed by atoms with Crippen molar-refractivity contribution in [3.05, 3.63) is 0 Å². The van der Waals surface area contributed by atoms with E-state index in [1.165, 1.54) is 4.90 Å². The number of urea groups is 1. The molecule has 3 saturated heterocycles. The summed E-state index contributed by atoms with van der Waals surface area (Å²) in [5, 5.41) is 21.1. The number of piperidine rings is 1. The fourth-order valence-corrected chi connectivity index (χ4v) is 3.45. The molecule has 3 aliphatic heterocycles. The van der Waals surface area contributed by atoms with Crippen LogP contribution in [0.4, 0.5) is 4.79 Å². The Hall–Kier alpha value is -1.67. The molecule has 3 amide bonds. The molecule has 22 heavy (non-hydrogen) atoms. The van der Waals surface area contributed by atoms with Crippen molar-refractivity contribution in [3.63, 3.8) is 0 Å². The van der Waals surface area contributed by atoms with Crippen LogP contribution < -0.4 is 5.32 Å². The molecule has 0 aromatic carbocycles. The first-order valence-electron chi connectivity index (χ1n) is 7.81. The molecule has 3 aliphatic rings. The molecular formula is C14H22N4O4. The average Bonchev–Trinajstić information content (AvgIpc) is 2.73. The van der Waals surface area contributed by atoms with Crippen molar-refractivity contribution in [2.24, 2.45) is 5.92 Å². The van der Waals surface area contributed by atoms with E-state index in [4.69, 9.17) is 10.1 Å². The summed E-state index contributed by atoms with van der Waals surface area (Å²) in [6.45, 7) is 1.79. The number of ether oxygens (including phenoxy) is 1. The number of hydrogen-bond donors (Lipinski definition) is 3. The maximum absolute atomic E-state index is 12.1. The standard InChI is InChI=1S/C14H22N4O4/c15-13(16-12(19)7-9-3-5-22-6-4-9)11-2-1-10-8-17(11)14(20)18(10)21/h9-11,21H,1-8H2,(H2,15,16,19)/t10-,11+/m1/s1. The Bertz CT molecular complexity index is 477. The van der Waals surface area contributed by atoms with Gasteiger partial charge in [-0.15, -0.1) is 0 Å². The van der Waals surface area contributed by atoms with Crippen LogP contribution in [0.1, 0.15) is 32.1 Å². The van der Waals surface area contributed by atoms with Crippen molar-refractivity contribution in [2.45, 2.75) is 44.2 Å². The monoisotopic (exact) mass is 310 g/mol. The molecule has 8 nitrogen and oxygen atoms in total. The fourth-order valence-electron chi connectivity index (χ4n) is 3.45. The van der Waals surface area contributed by atoms with Gasteiger partial charge < -0.3 is 15.0 Å². The van der Waals surface area contributed by atoms with Crippen LogP contribution >= 0.6 is 0 Å². The van der Waals surface area contributed by atoms with Crippen molar-refractivity contribution < 1.29 is 19.5 Å². The van der Waals surface area contributed by atoms with Gasteiger partial charge in [0.15, 0.2) is 0 Å². The summed E-state index contributed by atoms with van der Waals surface area (Å²) in [6, 6.07) is -1.11. The minimum atomic E-state index is -0.476. The van der Waals surface area contributed by atoms with Crippen molar-refractivity contribution >= 4 is 17.8 Å². The van der Waals surface area contributed by atoms with Gasteiger partial charge in [0.25, 0.3) is 0 Å². The van der Waals surface area contributed by atoms with Crippen molar-refractivity contribution in [1.29, 1.82) is 5.41 Å². The van der Waals surface area contributed by atoms with E-state index in [0.717, 1.165) is 17.9 Å². The van der Waals surface area contributed by atoms with Crippen LogP contribution in [0.15, 0.2) is 0 Å². The first kappa shape index (κ1) is 15.2. The molecule has 8 heteroatoms. The number of amides is 3. The molecule has 3 heterocycles. The van der Waals surface area contributed by atoms with Gasteiger partial charge in [0.1, 0.15) is 5.84 Å². The van der Waals surface area contributed by atoms with E-state index in [1.54, 1.807) is 0 Å². The molecular weight excluding hydrogens is 288 g/mol. The Morgan fingerprint density at radius 3 is 2.77 bits per heavy atom. The number of carbonyl (C=O) groups excluding carboxylic acids is 2. The highest BCUT2D eigenvalue weighted by Crippen LogP contribution is 2.28. The molecule has 0 aromatic rings. The van der Waals surface area contributed by atoms with Crippen LogP contribution in [0, 0.1) is 11.3 Å². The van der Waals surface area contributed by atoms with Crippen molar-refractivity contribution in [3.8, 4) is 0 Å². The summed E-state index contributed by atoms with van der Waals surface area (Å²) in [4.78, 5) is 25.4. The van der Waals surface area contributed by atoms with Gasteiger partial charge in [-0.1, -0.05) is 0 Å². The predicted octanol–water partition coefficient (Wildman–Crippen LogP) is 0.554. The second kappa shape index (κ2) is 6.21. The van der Waals surface area contributed by atoms with Gasteiger partial charge in [-0.05, 0) is 31.6 Å². The maximum Gasteiger partial charge on any atom is 0.344 e. The van der Waals surface area contributed by atoms with Crippen LogP contribution in [0.5, 0.6) is 0 Å². The number of nitrogens with one attached hydrogen (secondary N) is 2. The van der Waals surface area contributed by atoms with Crippen LogP contribution in [0.2, 0.25) is 0 Å². The van der Waals surface area contributed by atoms with E-state index in [2.05, 4.69) is 5.32 Å². The highest BCUT2D eigenvalue weighted by Gasteiger charge is 2.45. The zero-order valence-electron chi connectivity index (χ0n) is 12.5. The van der Waals surface area contributed by atoms with Gasteiger partial charge in [-0.3, -0.25) is 15.4 Å². The van der Waals surface area contributed by atoms with Gasteiger partial charge >= 0.3 is 6.03 Å². The summed E-state index contributed by atoms with van der Waals surface area (Å²) in [6.07, 6.45) is 3.36. The van der Waals surface area contributed by atoms with Crippen LogP contribution in [-0.2, 0) is 9.53 Å². The summed E-state index contributed by atoms with van der Waals surface area (Å²) in [7, 11) is 0. The average molecular weight is 310 g/mol. The molecule has 3 fully saturated rings.